The van der Waals surface area contributed by atoms with Crippen LogP contribution in [-0.2, 0) is 0 Å². The van der Waals surface area contributed by atoms with Gasteiger partial charge in [-0.25, -0.2) is 0 Å². The van der Waals surface area contributed by atoms with E-state index in [2.05, 4.69) is 0 Å². The maximum atomic E-state index is 12.6. The largest absolute Gasteiger partial charge is 1.00 e. The molecule has 2 heteroatoms. The fraction of sp³-hybridized carbons (Fsp3) is 0.833. The second-order valence-electron chi connectivity index (χ2n) is 2.37. The first-order valence-corrected chi connectivity index (χ1v) is 2.74. The van der Waals surface area contributed by atoms with Crippen molar-refractivity contribution in [3.05, 3.63) is 6.42 Å². The van der Waals surface area contributed by atoms with Crippen LogP contribution in [0.25, 0.3) is 0 Å². The molecular weight excluding hydrogens is 98.0 g/mol. The van der Waals surface area contributed by atoms with Crippen molar-refractivity contribution >= 4 is 0 Å². The van der Waals surface area contributed by atoms with Gasteiger partial charge < -0.3 is 0 Å². The Bertz CT molecular complexity index is 62.9. The molecule has 0 aromatic rings. The van der Waals surface area contributed by atoms with Crippen LogP contribution < -0.4 is 18.9 Å². The minimum Gasteiger partial charge on any atom is -0.292 e. The first kappa shape index (κ1) is 8.53. The molecule has 8 heavy (non-hydrogen) atoms. The van der Waals surface area contributed by atoms with Gasteiger partial charge in [0.1, 0.15) is 0 Å². The standard InChI is InChI=1S/C6H10F.Li/c1-6(7)4-2-3-5-6;/h4H,2-3,5H2,1H3;/q-1;+1/t6-;/m0./s1. The molecule has 1 atom stereocenters. The van der Waals surface area contributed by atoms with Crippen molar-refractivity contribution in [2.45, 2.75) is 31.9 Å². The van der Waals surface area contributed by atoms with E-state index in [0.29, 0.717) is 0 Å². The van der Waals surface area contributed by atoms with Crippen molar-refractivity contribution in [1.29, 1.82) is 0 Å². The molecule has 0 radical (unpaired) electrons. The third-order valence-electron chi connectivity index (χ3n) is 1.44. The molecule has 0 amide bonds. The summed E-state index contributed by atoms with van der Waals surface area (Å²) in [6.07, 6.45) is 4.49. The summed E-state index contributed by atoms with van der Waals surface area (Å²) in [4.78, 5) is 0. The summed E-state index contributed by atoms with van der Waals surface area (Å²) in [6, 6.07) is 0. The van der Waals surface area contributed by atoms with Gasteiger partial charge in [-0.3, -0.25) is 10.8 Å². The number of rotatable bonds is 0. The van der Waals surface area contributed by atoms with E-state index in [9.17, 15) is 4.39 Å². The Balaban J connectivity index is 0.000000490. The zero-order valence-corrected chi connectivity index (χ0v) is 5.58. The molecule has 42 valence electrons. The SMILES string of the molecule is C[C@]1(F)[CH-]CCC1.[Li+]. The van der Waals surface area contributed by atoms with Crippen LogP contribution >= 0.6 is 0 Å². The molecule has 0 spiro atoms. The van der Waals surface area contributed by atoms with Crippen LogP contribution in [0, 0.1) is 6.42 Å². The van der Waals surface area contributed by atoms with E-state index in [1.54, 1.807) is 13.3 Å². The van der Waals surface area contributed by atoms with Crippen molar-refractivity contribution < 1.29 is 23.3 Å². The van der Waals surface area contributed by atoms with Crippen molar-refractivity contribution in [1.82, 2.24) is 0 Å². The summed E-state index contributed by atoms with van der Waals surface area (Å²) in [5.74, 6) is 0. The van der Waals surface area contributed by atoms with Gasteiger partial charge in [0.2, 0.25) is 0 Å². The van der Waals surface area contributed by atoms with E-state index in [-0.39, 0.29) is 18.9 Å². The van der Waals surface area contributed by atoms with Crippen LogP contribution in [0.15, 0.2) is 0 Å². The molecule has 1 aliphatic rings. The van der Waals surface area contributed by atoms with Crippen molar-refractivity contribution in [2.24, 2.45) is 0 Å². The van der Waals surface area contributed by atoms with Gasteiger partial charge >= 0.3 is 18.9 Å². The Kier molecular flexibility index (Phi) is 3.08. The fourth-order valence-electron chi connectivity index (χ4n) is 0.953. The second-order valence-corrected chi connectivity index (χ2v) is 2.37. The van der Waals surface area contributed by atoms with E-state index in [0.717, 1.165) is 19.3 Å². The van der Waals surface area contributed by atoms with E-state index in [1.165, 1.54) is 0 Å². The molecule has 0 unspecified atom stereocenters. The molecule has 1 rings (SSSR count). The molecule has 0 aliphatic heterocycles. The first-order valence-electron chi connectivity index (χ1n) is 2.74. The fourth-order valence-corrected chi connectivity index (χ4v) is 0.953. The average molecular weight is 108 g/mol. The molecule has 0 bridgehead atoms. The molecule has 0 saturated heterocycles. The van der Waals surface area contributed by atoms with E-state index < -0.39 is 5.67 Å². The second kappa shape index (κ2) is 2.89. The summed E-state index contributed by atoms with van der Waals surface area (Å²) in [5, 5.41) is 0. The molecule has 0 aromatic heterocycles. The van der Waals surface area contributed by atoms with Gasteiger partial charge in [-0.1, -0.05) is 19.8 Å². The number of alkyl halides is 1. The monoisotopic (exact) mass is 108 g/mol. The maximum absolute atomic E-state index is 12.6. The maximum Gasteiger partial charge on any atom is 1.00 e. The predicted octanol–water partition coefficient (Wildman–Crippen LogP) is -0.893. The Hall–Kier alpha value is 0.527. The van der Waals surface area contributed by atoms with Gasteiger partial charge in [0.15, 0.2) is 0 Å². The molecule has 1 saturated carbocycles. The van der Waals surface area contributed by atoms with Gasteiger partial charge in [0.25, 0.3) is 0 Å². The zero-order chi connectivity index (χ0) is 5.33. The number of hydrogen-bond donors (Lipinski definition) is 0. The van der Waals surface area contributed by atoms with Crippen LogP contribution in [-0.4, -0.2) is 5.67 Å². The van der Waals surface area contributed by atoms with Crippen molar-refractivity contribution in [2.75, 3.05) is 0 Å². The number of halogens is 1. The van der Waals surface area contributed by atoms with Crippen LogP contribution in [0.5, 0.6) is 0 Å². The molecule has 0 N–H and O–H groups in total. The minimum atomic E-state index is -0.931. The number of hydrogen-bond acceptors (Lipinski definition) is 0. The quantitative estimate of drug-likeness (QED) is 0.279. The summed E-state index contributed by atoms with van der Waals surface area (Å²) in [6.45, 7) is 1.64. The van der Waals surface area contributed by atoms with Crippen molar-refractivity contribution in [3.8, 4) is 0 Å². The van der Waals surface area contributed by atoms with E-state index >= 15 is 0 Å². The third kappa shape index (κ3) is 2.20. The smallest absolute Gasteiger partial charge is 0.292 e. The molecular formula is C6H10FLi. The molecule has 0 aromatic carbocycles. The van der Waals surface area contributed by atoms with Crippen LogP contribution in [0.3, 0.4) is 0 Å². The zero-order valence-electron chi connectivity index (χ0n) is 5.58. The van der Waals surface area contributed by atoms with Gasteiger partial charge in [0.05, 0.1) is 0 Å². The molecule has 1 aliphatic carbocycles. The normalized spacial score (nSPS) is 36.8. The predicted molar refractivity (Wildman–Crippen MR) is 27.7 cm³/mol. The molecule has 1 fully saturated rings. The third-order valence-corrected chi connectivity index (χ3v) is 1.44. The summed E-state index contributed by atoms with van der Waals surface area (Å²) < 4.78 is 12.6. The van der Waals surface area contributed by atoms with Gasteiger partial charge in [0, 0.05) is 0 Å². The minimum absolute atomic E-state index is 0. The first-order chi connectivity index (χ1) is 3.21. The summed E-state index contributed by atoms with van der Waals surface area (Å²) in [7, 11) is 0. The Labute approximate surface area is 62.0 Å². The van der Waals surface area contributed by atoms with Gasteiger partial charge in [-0.15, -0.1) is 0 Å². The van der Waals surface area contributed by atoms with Crippen LogP contribution in [0.2, 0.25) is 0 Å². The topological polar surface area (TPSA) is 0 Å². The summed E-state index contributed by atoms with van der Waals surface area (Å²) >= 11 is 0. The molecule has 0 nitrogen and oxygen atoms in total. The van der Waals surface area contributed by atoms with Crippen LogP contribution in [0.1, 0.15) is 26.2 Å². The molecule has 0 heterocycles. The van der Waals surface area contributed by atoms with E-state index in [4.69, 9.17) is 0 Å². The Morgan fingerprint density at radius 2 is 2.25 bits per heavy atom. The summed E-state index contributed by atoms with van der Waals surface area (Å²) in [5.41, 5.74) is -0.931. The van der Waals surface area contributed by atoms with E-state index in [1.807, 2.05) is 0 Å². The van der Waals surface area contributed by atoms with Gasteiger partial charge in [-0.05, 0) is 5.67 Å². The Morgan fingerprint density at radius 3 is 2.38 bits per heavy atom. The van der Waals surface area contributed by atoms with Crippen LogP contribution in [0.4, 0.5) is 4.39 Å². The average Bonchev–Trinajstić information content (AvgIpc) is 1.84. The Morgan fingerprint density at radius 1 is 1.62 bits per heavy atom. The van der Waals surface area contributed by atoms with Crippen molar-refractivity contribution in [3.63, 3.8) is 0 Å². The van der Waals surface area contributed by atoms with Gasteiger partial charge in [-0.2, -0.15) is 6.42 Å².